The second-order valence-electron chi connectivity index (χ2n) is 6.82. The van der Waals surface area contributed by atoms with Crippen LogP contribution in [0.2, 0.25) is 0 Å². The minimum absolute atomic E-state index is 0. The molecule has 0 heterocycles. The number of carbonyl (C=O) groups is 1. The fourth-order valence-electron chi connectivity index (χ4n) is 3.05. The Morgan fingerprint density at radius 2 is 2.00 bits per heavy atom. The maximum atomic E-state index is 12.7. The number of primary sulfonamides is 1. The SMILES string of the molecule is CCOC1CC(N)(C(=O)Nc2ccc(C)c(S(N)(=O)=O)c2)C1(C)C.Cl. The van der Waals surface area contributed by atoms with Gasteiger partial charge in [-0.25, -0.2) is 13.6 Å². The van der Waals surface area contributed by atoms with Crippen LogP contribution < -0.4 is 16.2 Å². The van der Waals surface area contributed by atoms with Crippen molar-refractivity contribution in [2.75, 3.05) is 11.9 Å². The van der Waals surface area contributed by atoms with E-state index < -0.39 is 21.0 Å². The lowest BCUT2D eigenvalue weighted by atomic mass is 9.54. The Balaban J connectivity index is 0.00000312. The van der Waals surface area contributed by atoms with Gasteiger partial charge in [-0.05, 0) is 31.5 Å². The van der Waals surface area contributed by atoms with E-state index in [4.69, 9.17) is 15.6 Å². The first-order valence-electron chi connectivity index (χ1n) is 7.79. The summed E-state index contributed by atoms with van der Waals surface area (Å²) in [5, 5.41) is 7.90. The molecule has 9 heteroatoms. The van der Waals surface area contributed by atoms with Gasteiger partial charge in [-0.2, -0.15) is 0 Å². The van der Waals surface area contributed by atoms with Crippen LogP contribution >= 0.6 is 12.4 Å². The number of nitrogens with one attached hydrogen (secondary N) is 1. The van der Waals surface area contributed by atoms with Crippen LogP contribution in [0.25, 0.3) is 0 Å². The summed E-state index contributed by atoms with van der Waals surface area (Å²) >= 11 is 0. The molecule has 0 aromatic heterocycles. The minimum atomic E-state index is -3.86. The summed E-state index contributed by atoms with van der Waals surface area (Å²) in [4.78, 5) is 12.6. The summed E-state index contributed by atoms with van der Waals surface area (Å²) in [7, 11) is -3.86. The molecule has 1 saturated carbocycles. The zero-order chi connectivity index (χ0) is 18.3. The number of amides is 1. The number of halogens is 1. The number of carbonyl (C=O) groups excluding carboxylic acids is 1. The maximum absolute atomic E-state index is 12.7. The van der Waals surface area contributed by atoms with Gasteiger partial charge in [0.15, 0.2) is 0 Å². The van der Waals surface area contributed by atoms with Crippen LogP contribution in [-0.4, -0.2) is 32.6 Å². The Morgan fingerprint density at radius 1 is 1.40 bits per heavy atom. The van der Waals surface area contributed by atoms with Crippen molar-refractivity contribution in [2.24, 2.45) is 16.3 Å². The number of hydrogen-bond donors (Lipinski definition) is 3. The molecule has 0 radical (unpaired) electrons. The van der Waals surface area contributed by atoms with Gasteiger partial charge in [-0.15, -0.1) is 12.4 Å². The average Bonchev–Trinajstić information content (AvgIpc) is 2.47. The molecule has 0 aliphatic heterocycles. The first-order valence-corrected chi connectivity index (χ1v) is 9.33. The van der Waals surface area contributed by atoms with Crippen molar-refractivity contribution in [2.45, 2.75) is 50.7 Å². The van der Waals surface area contributed by atoms with Crippen LogP contribution in [0.5, 0.6) is 0 Å². The van der Waals surface area contributed by atoms with Gasteiger partial charge < -0.3 is 15.8 Å². The van der Waals surface area contributed by atoms with E-state index in [0.717, 1.165) is 0 Å². The van der Waals surface area contributed by atoms with E-state index in [2.05, 4.69) is 5.32 Å². The normalized spacial score (nSPS) is 24.8. The van der Waals surface area contributed by atoms with E-state index >= 15 is 0 Å². The van der Waals surface area contributed by atoms with Crippen molar-refractivity contribution in [3.63, 3.8) is 0 Å². The molecular weight excluding hydrogens is 366 g/mol. The monoisotopic (exact) mass is 391 g/mol. The topological polar surface area (TPSA) is 125 Å². The number of anilines is 1. The highest BCUT2D eigenvalue weighted by molar-refractivity contribution is 7.89. The van der Waals surface area contributed by atoms with Crippen LogP contribution in [0.15, 0.2) is 23.1 Å². The molecule has 1 aliphatic rings. The summed E-state index contributed by atoms with van der Waals surface area (Å²) in [5.74, 6) is -0.368. The summed E-state index contributed by atoms with van der Waals surface area (Å²) in [6, 6.07) is 4.56. The molecule has 2 atom stereocenters. The lowest BCUT2D eigenvalue weighted by Gasteiger charge is -2.57. The zero-order valence-electron chi connectivity index (χ0n) is 14.8. The van der Waals surface area contributed by atoms with E-state index in [1.807, 2.05) is 20.8 Å². The Bertz CT molecular complexity index is 767. The van der Waals surface area contributed by atoms with E-state index in [0.29, 0.717) is 24.3 Å². The minimum Gasteiger partial charge on any atom is -0.378 e. The number of ether oxygens (including phenoxy) is 1. The Kier molecular flexibility index (Phi) is 6.30. The Labute approximate surface area is 154 Å². The molecule has 1 aliphatic carbocycles. The predicted molar refractivity (Wildman–Crippen MR) is 99.2 cm³/mol. The van der Waals surface area contributed by atoms with Gasteiger partial charge in [0.25, 0.3) is 0 Å². The van der Waals surface area contributed by atoms with Gasteiger partial charge >= 0.3 is 0 Å². The predicted octanol–water partition coefficient (Wildman–Crippen LogP) is 1.54. The molecule has 0 saturated heterocycles. The van der Waals surface area contributed by atoms with Crippen LogP contribution in [0.1, 0.15) is 32.8 Å². The summed E-state index contributed by atoms with van der Waals surface area (Å²) in [6.07, 6.45) is 0.323. The van der Waals surface area contributed by atoms with Gasteiger partial charge in [0, 0.05) is 24.1 Å². The standard InChI is InChI=1S/C16H25N3O4S.ClH/c1-5-23-13-9-16(17,15(13,3)4)14(20)19-11-7-6-10(2)12(8-11)24(18,21)22;/h6-8,13H,5,9,17H2,1-4H3,(H,19,20)(H2,18,21,22);1H. The maximum Gasteiger partial charge on any atom is 0.245 e. The number of aryl methyl sites for hydroxylation is 1. The van der Waals surface area contributed by atoms with Gasteiger partial charge in [0.1, 0.15) is 5.54 Å². The summed E-state index contributed by atoms with van der Waals surface area (Å²) in [5.41, 5.74) is 5.56. The van der Waals surface area contributed by atoms with Crippen LogP contribution in [0.4, 0.5) is 5.69 Å². The van der Waals surface area contributed by atoms with Gasteiger partial charge in [0.2, 0.25) is 15.9 Å². The van der Waals surface area contributed by atoms with Crippen molar-refractivity contribution in [3.05, 3.63) is 23.8 Å². The van der Waals surface area contributed by atoms with Crippen LogP contribution in [-0.2, 0) is 19.6 Å². The third kappa shape index (κ3) is 3.83. The molecule has 1 amide bonds. The average molecular weight is 392 g/mol. The van der Waals surface area contributed by atoms with E-state index in [-0.39, 0.29) is 29.3 Å². The summed E-state index contributed by atoms with van der Waals surface area (Å²) < 4.78 is 28.8. The highest BCUT2D eigenvalue weighted by Gasteiger charge is 2.62. The van der Waals surface area contributed by atoms with Crippen molar-refractivity contribution in [3.8, 4) is 0 Å². The molecule has 0 spiro atoms. The number of sulfonamides is 1. The lowest BCUT2D eigenvalue weighted by Crippen LogP contribution is -2.74. The second kappa shape index (κ2) is 7.20. The van der Waals surface area contributed by atoms with Crippen LogP contribution in [0, 0.1) is 12.3 Å². The van der Waals surface area contributed by atoms with Gasteiger partial charge in [-0.1, -0.05) is 19.9 Å². The molecule has 2 rings (SSSR count). The van der Waals surface area contributed by atoms with Crippen LogP contribution in [0.3, 0.4) is 0 Å². The number of benzene rings is 1. The molecule has 7 nitrogen and oxygen atoms in total. The Morgan fingerprint density at radius 3 is 2.48 bits per heavy atom. The fraction of sp³-hybridized carbons (Fsp3) is 0.562. The zero-order valence-corrected chi connectivity index (χ0v) is 16.5. The third-order valence-corrected chi connectivity index (χ3v) is 6.04. The number of nitrogens with two attached hydrogens (primary N) is 2. The second-order valence-corrected chi connectivity index (χ2v) is 8.35. The highest BCUT2D eigenvalue weighted by Crippen LogP contribution is 2.50. The lowest BCUT2D eigenvalue weighted by molar-refractivity contribution is -0.166. The van der Waals surface area contributed by atoms with Gasteiger partial charge in [0.05, 0.1) is 11.0 Å². The smallest absolute Gasteiger partial charge is 0.245 e. The quantitative estimate of drug-likeness (QED) is 0.702. The third-order valence-electron chi connectivity index (χ3n) is 4.99. The Hall–Kier alpha value is -1.19. The molecule has 2 unspecified atom stereocenters. The molecule has 1 aromatic carbocycles. The molecular formula is C16H26ClN3O4S. The largest absolute Gasteiger partial charge is 0.378 e. The molecule has 1 fully saturated rings. The highest BCUT2D eigenvalue weighted by atomic mass is 35.5. The van der Waals surface area contributed by atoms with Gasteiger partial charge in [-0.3, -0.25) is 4.79 Å². The van der Waals surface area contributed by atoms with E-state index in [9.17, 15) is 13.2 Å². The first kappa shape index (κ1) is 21.9. The van der Waals surface area contributed by atoms with Crippen molar-refractivity contribution < 1.29 is 17.9 Å². The van der Waals surface area contributed by atoms with E-state index in [1.165, 1.54) is 6.07 Å². The summed E-state index contributed by atoms with van der Waals surface area (Å²) in [6.45, 7) is 7.87. The van der Waals surface area contributed by atoms with Crippen molar-refractivity contribution in [1.29, 1.82) is 0 Å². The number of rotatable bonds is 5. The fourth-order valence-corrected chi connectivity index (χ4v) is 3.86. The molecule has 0 bridgehead atoms. The molecule has 1 aromatic rings. The van der Waals surface area contributed by atoms with Crippen molar-refractivity contribution in [1.82, 2.24) is 0 Å². The van der Waals surface area contributed by atoms with Crippen molar-refractivity contribution >= 4 is 34.0 Å². The van der Waals surface area contributed by atoms with E-state index in [1.54, 1.807) is 19.1 Å². The molecule has 142 valence electrons. The first-order chi connectivity index (χ1) is 10.9. The molecule has 5 N–H and O–H groups in total. The molecule has 25 heavy (non-hydrogen) atoms. The number of hydrogen-bond acceptors (Lipinski definition) is 5.